The van der Waals surface area contributed by atoms with E-state index < -0.39 is 10.0 Å². The van der Waals surface area contributed by atoms with E-state index in [1.165, 1.54) is 25.5 Å². The number of halogens is 2. The number of nitrogens with one attached hydrogen (secondary N) is 2. The number of hydrogen-bond acceptors (Lipinski definition) is 5. The predicted molar refractivity (Wildman–Crippen MR) is 97.2 cm³/mol. The number of nitrogens with zero attached hydrogens (tertiary/aromatic N) is 2. The van der Waals surface area contributed by atoms with Crippen LogP contribution in [0.2, 0.25) is 0 Å². The second-order valence-electron chi connectivity index (χ2n) is 5.51. The van der Waals surface area contributed by atoms with Crippen molar-refractivity contribution in [1.29, 1.82) is 0 Å². The second kappa shape index (κ2) is 10.1. The van der Waals surface area contributed by atoms with Crippen molar-refractivity contribution in [3.8, 4) is 0 Å². The number of aromatic nitrogens is 1. The van der Waals surface area contributed by atoms with Crippen LogP contribution in [0.3, 0.4) is 0 Å². The van der Waals surface area contributed by atoms with Crippen molar-refractivity contribution >= 4 is 40.7 Å². The Kier molecular flexibility index (Phi) is 9.76. The monoisotopic (exact) mass is 398 g/mol. The standard InChI is InChI=1S/C14H22N4O3S.2ClH/c1-11-13(6-4-8-16-11)17-14(19)10-18(2)22(20,21)12-5-3-7-15-9-12;;/h3,5,7,9,11,13,16H,4,6,8,10H2,1-2H3,(H,17,19);2*1H. The average molecular weight is 399 g/mol. The fourth-order valence-corrected chi connectivity index (χ4v) is 3.55. The van der Waals surface area contributed by atoms with Gasteiger partial charge in [0.15, 0.2) is 0 Å². The Morgan fingerprint density at radius 2 is 2.17 bits per heavy atom. The summed E-state index contributed by atoms with van der Waals surface area (Å²) in [5.41, 5.74) is 0. The normalized spacial score (nSPS) is 20.6. The van der Waals surface area contributed by atoms with E-state index in [0.29, 0.717) is 0 Å². The maximum absolute atomic E-state index is 12.3. The molecule has 2 unspecified atom stereocenters. The lowest BCUT2D eigenvalue weighted by atomic mass is 10.00. The molecule has 2 N–H and O–H groups in total. The first-order valence-electron chi connectivity index (χ1n) is 7.30. The number of sulfonamides is 1. The number of carbonyl (C=O) groups excluding carboxylic acids is 1. The molecule has 0 aliphatic carbocycles. The van der Waals surface area contributed by atoms with Crippen LogP contribution in [0.4, 0.5) is 0 Å². The molecule has 1 aromatic rings. The molecule has 138 valence electrons. The van der Waals surface area contributed by atoms with E-state index in [2.05, 4.69) is 15.6 Å². The van der Waals surface area contributed by atoms with Gasteiger partial charge in [0.1, 0.15) is 4.90 Å². The molecule has 10 heteroatoms. The Balaban J connectivity index is 0.00000264. The van der Waals surface area contributed by atoms with Crippen LogP contribution in [0, 0.1) is 0 Å². The molecule has 0 bridgehead atoms. The summed E-state index contributed by atoms with van der Waals surface area (Å²) in [5.74, 6) is -0.296. The molecule has 0 spiro atoms. The lowest BCUT2D eigenvalue weighted by Gasteiger charge is -2.31. The Morgan fingerprint density at radius 3 is 2.75 bits per heavy atom. The van der Waals surface area contributed by atoms with Gasteiger partial charge >= 0.3 is 0 Å². The van der Waals surface area contributed by atoms with E-state index in [9.17, 15) is 13.2 Å². The molecule has 0 radical (unpaired) electrons. The third-order valence-electron chi connectivity index (χ3n) is 3.82. The molecule has 24 heavy (non-hydrogen) atoms. The zero-order valence-electron chi connectivity index (χ0n) is 13.6. The van der Waals surface area contributed by atoms with Crippen molar-refractivity contribution in [2.75, 3.05) is 20.1 Å². The number of pyridine rings is 1. The smallest absolute Gasteiger partial charge is 0.244 e. The van der Waals surface area contributed by atoms with Gasteiger partial charge in [-0.25, -0.2) is 8.42 Å². The molecule has 1 saturated heterocycles. The molecule has 2 rings (SSSR count). The van der Waals surface area contributed by atoms with Crippen LogP contribution in [0.1, 0.15) is 19.8 Å². The summed E-state index contributed by atoms with van der Waals surface area (Å²) in [6.07, 6.45) is 4.68. The van der Waals surface area contributed by atoms with Gasteiger partial charge < -0.3 is 10.6 Å². The Labute approximate surface area is 155 Å². The van der Waals surface area contributed by atoms with E-state index in [1.807, 2.05) is 6.92 Å². The minimum atomic E-state index is -3.69. The first kappa shape index (κ1) is 23.1. The third kappa shape index (κ3) is 5.86. The Bertz CT molecular complexity index is 616. The maximum atomic E-state index is 12.3. The van der Waals surface area contributed by atoms with E-state index >= 15 is 0 Å². The van der Waals surface area contributed by atoms with Gasteiger partial charge in [0, 0.05) is 31.5 Å². The molecule has 0 aromatic carbocycles. The van der Waals surface area contributed by atoms with Gasteiger partial charge in [0.25, 0.3) is 0 Å². The highest BCUT2D eigenvalue weighted by atomic mass is 35.5. The van der Waals surface area contributed by atoms with Crippen LogP contribution in [0.15, 0.2) is 29.4 Å². The lowest BCUT2D eigenvalue weighted by Crippen LogP contribution is -2.53. The van der Waals surface area contributed by atoms with Gasteiger partial charge in [0.2, 0.25) is 15.9 Å². The number of carbonyl (C=O) groups is 1. The van der Waals surface area contributed by atoms with E-state index in [0.717, 1.165) is 23.7 Å². The van der Waals surface area contributed by atoms with Gasteiger partial charge in [-0.1, -0.05) is 0 Å². The molecule has 1 aliphatic heterocycles. The minimum Gasteiger partial charge on any atom is -0.351 e. The SMILES string of the molecule is CC1NCCCC1NC(=O)CN(C)S(=O)(=O)c1cccnc1.Cl.Cl. The molecule has 1 fully saturated rings. The molecule has 1 aromatic heterocycles. The molecule has 1 aliphatic rings. The predicted octanol–water partition coefficient (Wildman–Crippen LogP) is 0.802. The van der Waals surface area contributed by atoms with Gasteiger partial charge in [-0.15, -0.1) is 24.8 Å². The number of piperidine rings is 1. The van der Waals surface area contributed by atoms with Gasteiger partial charge in [0.05, 0.1) is 6.54 Å². The zero-order valence-corrected chi connectivity index (χ0v) is 16.1. The number of hydrogen-bond donors (Lipinski definition) is 2. The Hall–Kier alpha value is -0.930. The molecule has 0 saturated carbocycles. The highest BCUT2D eigenvalue weighted by molar-refractivity contribution is 7.89. The number of rotatable bonds is 5. The van der Waals surface area contributed by atoms with Crippen LogP contribution < -0.4 is 10.6 Å². The van der Waals surface area contributed by atoms with Gasteiger partial charge in [-0.2, -0.15) is 4.31 Å². The van der Waals surface area contributed by atoms with Gasteiger partial charge in [-0.05, 0) is 38.4 Å². The quantitative estimate of drug-likeness (QED) is 0.765. The van der Waals surface area contributed by atoms with Crippen LogP contribution >= 0.6 is 24.8 Å². The summed E-state index contributed by atoms with van der Waals surface area (Å²) >= 11 is 0. The average Bonchev–Trinajstić information content (AvgIpc) is 2.50. The lowest BCUT2D eigenvalue weighted by molar-refractivity contribution is -0.122. The topological polar surface area (TPSA) is 91.4 Å². The fourth-order valence-electron chi connectivity index (χ4n) is 2.46. The van der Waals surface area contributed by atoms with Crippen molar-refractivity contribution in [2.24, 2.45) is 0 Å². The van der Waals surface area contributed by atoms with Crippen molar-refractivity contribution in [1.82, 2.24) is 19.9 Å². The van der Waals surface area contributed by atoms with E-state index in [4.69, 9.17) is 0 Å². The van der Waals surface area contributed by atoms with E-state index in [-0.39, 0.29) is 54.2 Å². The van der Waals surface area contributed by atoms with Crippen LogP contribution in [-0.2, 0) is 14.8 Å². The highest BCUT2D eigenvalue weighted by Crippen LogP contribution is 2.12. The second-order valence-corrected chi connectivity index (χ2v) is 7.55. The highest BCUT2D eigenvalue weighted by Gasteiger charge is 2.26. The minimum absolute atomic E-state index is 0. The van der Waals surface area contributed by atoms with Crippen molar-refractivity contribution in [2.45, 2.75) is 36.7 Å². The Morgan fingerprint density at radius 1 is 1.46 bits per heavy atom. The molecule has 2 atom stereocenters. The van der Waals surface area contributed by atoms with Crippen LogP contribution in [-0.4, -0.2) is 55.8 Å². The number of likely N-dealkylation sites (N-methyl/N-ethyl adjacent to an activating group) is 1. The van der Waals surface area contributed by atoms with Crippen LogP contribution in [0.5, 0.6) is 0 Å². The summed E-state index contributed by atoms with van der Waals surface area (Å²) in [7, 11) is -2.30. The molecular formula is C14H24Cl2N4O3S. The van der Waals surface area contributed by atoms with Crippen molar-refractivity contribution in [3.63, 3.8) is 0 Å². The van der Waals surface area contributed by atoms with E-state index in [1.54, 1.807) is 6.07 Å². The first-order valence-corrected chi connectivity index (χ1v) is 8.74. The van der Waals surface area contributed by atoms with Crippen molar-refractivity contribution < 1.29 is 13.2 Å². The fraction of sp³-hybridized carbons (Fsp3) is 0.571. The molecule has 2 heterocycles. The largest absolute Gasteiger partial charge is 0.351 e. The molecule has 1 amide bonds. The third-order valence-corrected chi connectivity index (χ3v) is 5.60. The van der Waals surface area contributed by atoms with Gasteiger partial charge in [-0.3, -0.25) is 9.78 Å². The summed E-state index contributed by atoms with van der Waals surface area (Å²) < 4.78 is 25.7. The summed E-state index contributed by atoms with van der Waals surface area (Å²) in [6, 6.07) is 3.24. The number of amides is 1. The van der Waals surface area contributed by atoms with Crippen LogP contribution in [0.25, 0.3) is 0 Å². The molecule has 7 nitrogen and oxygen atoms in total. The summed E-state index contributed by atoms with van der Waals surface area (Å²) in [4.78, 5) is 16.0. The van der Waals surface area contributed by atoms with Crippen molar-refractivity contribution in [3.05, 3.63) is 24.5 Å². The summed E-state index contributed by atoms with van der Waals surface area (Å²) in [6.45, 7) is 2.75. The maximum Gasteiger partial charge on any atom is 0.244 e. The first-order chi connectivity index (χ1) is 10.4. The summed E-state index contributed by atoms with van der Waals surface area (Å²) in [5, 5.41) is 6.19. The molecular weight excluding hydrogens is 375 g/mol. The zero-order chi connectivity index (χ0) is 16.2.